The number of nitrogens with two attached hydrogens (primary N) is 1. The van der Waals surface area contributed by atoms with Gasteiger partial charge in [0.1, 0.15) is 0 Å². The molecule has 1 amide bonds. The van der Waals surface area contributed by atoms with Crippen molar-refractivity contribution in [2.45, 2.75) is 39.8 Å². The van der Waals surface area contributed by atoms with Crippen molar-refractivity contribution < 1.29 is 9.90 Å². The van der Waals surface area contributed by atoms with Crippen LogP contribution in [0.3, 0.4) is 0 Å². The second-order valence-corrected chi connectivity index (χ2v) is 6.48. The van der Waals surface area contributed by atoms with Gasteiger partial charge in [0, 0.05) is 23.3 Å². The summed E-state index contributed by atoms with van der Waals surface area (Å²) in [4.78, 5) is 12.0. The molecule has 4 nitrogen and oxygen atoms in total. The molecule has 0 radical (unpaired) electrons. The summed E-state index contributed by atoms with van der Waals surface area (Å²) >= 11 is 1.53. The van der Waals surface area contributed by atoms with Gasteiger partial charge in [-0.3, -0.25) is 4.79 Å². The van der Waals surface area contributed by atoms with E-state index >= 15 is 0 Å². The molecule has 102 valence electrons. The van der Waals surface area contributed by atoms with Gasteiger partial charge in [0.2, 0.25) is 5.91 Å². The minimum atomic E-state index is -0.382. The molecule has 18 heavy (non-hydrogen) atoms. The van der Waals surface area contributed by atoms with Crippen LogP contribution in [0, 0.1) is 5.41 Å². The highest BCUT2D eigenvalue weighted by Gasteiger charge is 2.19. The number of aliphatic hydroxyl groups excluding tert-OH is 1. The highest BCUT2D eigenvalue weighted by Crippen LogP contribution is 2.21. The van der Waals surface area contributed by atoms with Crippen molar-refractivity contribution in [3.8, 4) is 0 Å². The summed E-state index contributed by atoms with van der Waals surface area (Å²) in [6, 6.07) is 1.82. The number of hydrogen-bond donors (Lipinski definition) is 3. The summed E-state index contributed by atoms with van der Waals surface area (Å²) in [6.07, 6.45) is 0.474. The highest BCUT2D eigenvalue weighted by atomic mass is 32.1. The zero-order valence-corrected chi connectivity index (χ0v) is 12.0. The molecule has 0 spiro atoms. The van der Waals surface area contributed by atoms with Gasteiger partial charge in [0.05, 0.1) is 11.7 Å². The van der Waals surface area contributed by atoms with E-state index in [4.69, 9.17) is 5.73 Å². The van der Waals surface area contributed by atoms with Crippen molar-refractivity contribution >= 4 is 17.2 Å². The number of aliphatic hydroxyl groups is 1. The SMILES string of the molecule is CC(O)CC(C)(C)CNCc1cc(C(N)=O)cs1. The molecule has 0 aromatic carbocycles. The third kappa shape index (κ3) is 5.16. The first-order valence-electron chi connectivity index (χ1n) is 6.06. The number of amides is 1. The van der Waals surface area contributed by atoms with Gasteiger partial charge in [-0.15, -0.1) is 11.3 Å². The number of carbonyl (C=O) groups excluding carboxylic acids is 1. The topological polar surface area (TPSA) is 75.3 Å². The third-order valence-electron chi connectivity index (χ3n) is 2.69. The van der Waals surface area contributed by atoms with Crippen molar-refractivity contribution in [1.29, 1.82) is 0 Å². The number of carbonyl (C=O) groups is 1. The average molecular weight is 270 g/mol. The smallest absolute Gasteiger partial charge is 0.249 e. The molecule has 4 N–H and O–H groups in total. The molecule has 1 aromatic heterocycles. The number of nitrogens with one attached hydrogen (secondary N) is 1. The van der Waals surface area contributed by atoms with Crippen LogP contribution in [0.5, 0.6) is 0 Å². The van der Waals surface area contributed by atoms with E-state index in [1.54, 1.807) is 12.3 Å². The Hall–Kier alpha value is -0.910. The van der Waals surface area contributed by atoms with Crippen LogP contribution in [0.25, 0.3) is 0 Å². The second kappa shape index (κ2) is 6.31. The lowest BCUT2D eigenvalue weighted by atomic mass is 9.87. The Morgan fingerprint density at radius 2 is 2.28 bits per heavy atom. The molecule has 0 aliphatic heterocycles. The van der Waals surface area contributed by atoms with Crippen LogP contribution >= 0.6 is 11.3 Å². The molecular formula is C13H22N2O2S. The van der Waals surface area contributed by atoms with Crippen molar-refractivity contribution in [3.63, 3.8) is 0 Å². The van der Waals surface area contributed by atoms with E-state index in [0.717, 1.165) is 24.4 Å². The molecule has 0 saturated carbocycles. The first-order chi connectivity index (χ1) is 8.30. The fourth-order valence-electron chi connectivity index (χ4n) is 2.00. The Balaban J connectivity index is 2.39. The summed E-state index contributed by atoms with van der Waals surface area (Å²) in [5.41, 5.74) is 5.82. The number of hydrogen-bond acceptors (Lipinski definition) is 4. The first kappa shape index (κ1) is 15.1. The van der Waals surface area contributed by atoms with Crippen LogP contribution < -0.4 is 11.1 Å². The number of thiophene rings is 1. The molecular weight excluding hydrogens is 248 g/mol. The lowest BCUT2D eigenvalue weighted by Gasteiger charge is -2.26. The van der Waals surface area contributed by atoms with E-state index in [9.17, 15) is 9.90 Å². The monoisotopic (exact) mass is 270 g/mol. The van der Waals surface area contributed by atoms with Crippen molar-refractivity contribution in [3.05, 3.63) is 21.9 Å². The Labute approximate surface area is 112 Å². The van der Waals surface area contributed by atoms with E-state index in [1.807, 2.05) is 6.07 Å². The quantitative estimate of drug-likeness (QED) is 0.706. The molecule has 5 heteroatoms. The molecule has 1 aromatic rings. The lowest BCUT2D eigenvalue weighted by Crippen LogP contribution is -2.31. The Morgan fingerprint density at radius 3 is 2.78 bits per heavy atom. The van der Waals surface area contributed by atoms with Gasteiger partial charge in [-0.1, -0.05) is 13.8 Å². The van der Waals surface area contributed by atoms with E-state index in [0.29, 0.717) is 5.56 Å². The molecule has 1 unspecified atom stereocenters. The summed E-state index contributed by atoms with van der Waals surface area (Å²) in [5.74, 6) is -0.382. The van der Waals surface area contributed by atoms with E-state index < -0.39 is 0 Å². The van der Waals surface area contributed by atoms with Crippen LogP contribution in [0.4, 0.5) is 0 Å². The fraction of sp³-hybridized carbons (Fsp3) is 0.615. The number of primary amides is 1. The number of rotatable bonds is 7. The zero-order chi connectivity index (χ0) is 13.8. The van der Waals surface area contributed by atoms with Crippen molar-refractivity contribution in [2.24, 2.45) is 11.1 Å². The lowest BCUT2D eigenvalue weighted by molar-refractivity contribution is 0.100. The molecule has 0 aliphatic carbocycles. The molecule has 1 atom stereocenters. The maximum atomic E-state index is 10.9. The summed E-state index contributed by atoms with van der Waals surface area (Å²) in [6.45, 7) is 7.59. The standard InChI is InChI=1S/C13H22N2O2S/c1-9(16)5-13(2,3)8-15-6-11-4-10(7-18-11)12(14)17/h4,7,9,15-16H,5-6,8H2,1-3H3,(H2,14,17). The fourth-order valence-corrected chi connectivity index (χ4v) is 2.84. The molecule has 0 bridgehead atoms. The highest BCUT2D eigenvalue weighted by molar-refractivity contribution is 7.10. The van der Waals surface area contributed by atoms with Crippen molar-refractivity contribution in [2.75, 3.05) is 6.54 Å². The van der Waals surface area contributed by atoms with E-state index in [2.05, 4.69) is 19.2 Å². The minimum absolute atomic E-state index is 0.0535. The Bertz CT molecular complexity index is 399. The first-order valence-corrected chi connectivity index (χ1v) is 6.94. The Kier molecular flexibility index (Phi) is 5.31. The largest absolute Gasteiger partial charge is 0.393 e. The van der Waals surface area contributed by atoms with Gasteiger partial charge >= 0.3 is 0 Å². The van der Waals surface area contributed by atoms with Gasteiger partial charge in [-0.2, -0.15) is 0 Å². The van der Waals surface area contributed by atoms with E-state index in [-0.39, 0.29) is 17.4 Å². The van der Waals surface area contributed by atoms with Crippen LogP contribution in [0.1, 0.15) is 42.4 Å². The molecule has 1 heterocycles. The summed E-state index contributed by atoms with van der Waals surface area (Å²) in [7, 11) is 0. The third-order valence-corrected chi connectivity index (χ3v) is 3.63. The van der Waals surface area contributed by atoms with E-state index in [1.165, 1.54) is 11.3 Å². The van der Waals surface area contributed by atoms with Crippen LogP contribution in [-0.4, -0.2) is 23.7 Å². The average Bonchev–Trinajstić information content (AvgIpc) is 2.63. The molecule has 0 saturated heterocycles. The normalized spacial score (nSPS) is 13.6. The van der Waals surface area contributed by atoms with Crippen LogP contribution in [0.2, 0.25) is 0 Å². The van der Waals surface area contributed by atoms with Gasteiger partial charge in [-0.05, 0) is 24.8 Å². The molecule has 1 rings (SSSR count). The molecule has 0 aliphatic rings. The van der Waals surface area contributed by atoms with Gasteiger partial charge in [0.25, 0.3) is 0 Å². The van der Waals surface area contributed by atoms with Gasteiger partial charge in [-0.25, -0.2) is 0 Å². The second-order valence-electron chi connectivity index (χ2n) is 5.49. The minimum Gasteiger partial charge on any atom is -0.393 e. The maximum Gasteiger partial charge on any atom is 0.249 e. The van der Waals surface area contributed by atoms with Gasteiger partial charge < -0.3 is 16.2 Å². The van der Waals surface area contributed by atoms with Crippen molar-refractivity contribution in [1.82, 2.24) is 5.32 Å². The summed E-state index contributed by atoms with van der Waals surface area (Å²) in [5, 5.41) is 14.5. The summed E-state index contributed by atoms with van der Waals surface area (Å²) < 4.78 is 0. The predicted molar refractivity (Wildman–Crippen MR) is 74.6 cm³/mol. The zero-order valence-electron chi connectivity index (χ0n) is 11.2. The van der Waals surface area contributed by atoms with Crippen LogP contribution in [0.15, 0.2) is 11.4 Å². The van der Waals surface area contributed by atoms with Crippen LogP contribution in [-0.2, 0) is 6.54 Å². The maximum absolute atomic E-state index is 10.9. The van der Waals surface area contributed by atoms with Gasteiger partial charge in [0.15, 0.2) is 0 Å². The Morgan fingerprint density at radius 1 is 1.61 bits per heavy atom. The predicted octanol–water partition coefficient (Wildman–Crippen LogP) is 1.73. The molecule has 0 fully saturated rings.